The Labute approximate surface area is 139 Å². The molecule has 0 aliphatic rings. The molecule has 0 N–H and O–H groups in total. The summed E-state index contributed by atoms with van der Waals surface area (Å²) in [5, 5.41) is 0. The first-order valence-electron chi connectivity index (χ1n) is 7.95. The lowest BCUT2D eigenvalue weighted by Gasteiger charge is -2.24. The van der Waals surface area contributed by atoms with Crippen molar-refractivity contribution in [3.05, 3.63) is 35.9 Å². The summed E-state index contributed by atoms with van der Waals surface area (Å²) in [5.74, 6) is 0. The van der Waals surface area contributed by atoms with Gasteiger partial charge in [-0.2, -0.15) is 0 Å². The van der Waals surface area contributed by atoms with E-state index in [0.29, 0.717) is 26.4 Å². The molecule has 0 saturated heterocycles. The molecule has 1 amide bonds. The Balaban J connectivity index is 2.13. The van der Waals surface area contributed by atoms with Crippen LogP contribution >= 0.6 is 0 Å². The van der Waals surface area contributed by atoms with Crippen LogP contribution in [0.4, 0.5) is 4.79 Å². The monoisotopic (exact) mass is 323 g/mol. The molecule has 1 aromatic carbocycles. The molecule has 23 heavy (non-hydrogen) atoms. The first kappa shape index (κ1) is 19.5. The summed E-state index contributed by atoms with van der Waals surface area (Å²) in [4.78, 5) is 13.3. The average Bonchev–Trinajstić information content (AvgIpc) is 2.48. The molecule has 0 aliphatic carbocycles. The zero-order valence-corrected chi connectivity index (χ0v) is 14.9. The predicted octanol–water partition coefficient (Wildman–Crippen LogP) is 3.48. The van der Waals surface area contributed by atoms with Gasteiger partial charge in [-0.1, -0.05) is 30.3 Å². The highest BCUT2D eigenvalue weighted by molar-refractivity contribution is 5.67. The zero-order chi connectivity index (χ0) is 17.3. The van der Waals surface area contributed by atoms with Crippen LogP contribution in [0.25, 0.3) is 0 Å². The molecule has 0 saturated carbocycles. The van der Waals surface area contributed by atoms with Crippen LogP contribution in [0.5, 0.6) is 0 Å². The summed E-state index contributed by atoms with van der Waals surface area (Å²) < 4.78 is 16.6. The van der Waals surface area contributed by atoms with Gasteiger partial charge in [0.25, 0.3) is 0 Å². The third kappa shape index (κ3) is 9.21. The van der Waals surface area contributed by atoms with Crippen molar-refractivity contribution in [3.63, 3.8) is 0 Å². The number of likely N-dealkylation sites (N-methyl/N-ethyl adjacent to an activating group) is 1. The number of benzene rings is 1. The molecular formula is C18H29NO4. The number of hydrogen-bond donors (Lipinski definition) is 0. The Morgan fingerprint density at radius 1 is 1.22 bits per heavy atom. The highest BCUT2D eigenvalue weighted by Crippen LogP contribution is 2.09. The molecular weight excluding hydrogens is 294 g/mol. The fourth-order valence-electron chi connectivity index (χ4n) is 1.74. The zero-order valence-electron chi connectivity index (χ0n) is 14.9. The summed E-state index contributed by atoms with van der Waals surface area (Å²) in [7, 11) is 1.70. The summed E-state index contributed by atoms with van der Waals surface area (Å²) in [5.41, 5.74) is 0.662. The van der Waals surface area contributed by atoms with E-state index in [1.807, 2.05) is 58.0 Å². The van der Waals surface area contributed by atoms with Gasteiger partial charge in [-0.15, -0.1) is 0 Å². The summed E-state index contributed by atoms with van der Waals surface area (Å²) in [6.45, 7) is 9.52. The lowest BCUT2D eigenvalue weighted by atomic mass is 10.2. The van der Waals surface area contributed by atoms with Crippen molar-refractivity contribution in [3.8, 4) is 0 Å². The minimum atomic E-state index is -0.480. The van der Waals surface area contributed by atoms with Crippen molar-refractivity contribution < 1.29 is 19.0 Å². The number of carbonyl (C=O) groups is 1. The number of nitrogens with zero attached hydrogens (tertiary/aromatic N) is 1. The average molecular weight is 323 g/mol. The van der Waals surface area contributed by atoms with Crippen molar-refractivity contribution in [2.24, 2.45) is 0 Å². The number of amides is 1. The van der Waals surface area contributed by atoms with Crippen molar-refractivity contribution in [1.82, 2.24) is 4.90 Å². The van der Waals surface area contributed by atoms with Gasteiger partial charge in [0.2, 0.25) is 0 Å². The van der Waals surface area contributed by atoms with Gasteiger partial charge in [0, 0.05) is 13.6 Å². The minimum Gasteiger partial charge on any atom is -0.444 e. The molecule has 0 spiro atoms. The largest absolute Gasteiger partial charge is 0.444 e. The van der Waals surface area contributed by atoms with Crippen molar-refractivity contribution in [1.29, 1.82) is 0 Å². The highest BCUT2D eigenvalue weighted by Gasteiger charge is 2.19. The van der Waals surface area contributed by atoms with Gasteiger partial charge in [0.05, 0.1) is 25.9 Å². The van der Waals surface area contributed by atoms with Crippen molar-refractivity contribution in [2.45, 2.75) is 46.0 Å². The van der Waals surface area contributed by atoms with Gasteiger partial charge in [0.15, 0.2) is 0 Å². The Bertz CT molecular complexity index is 456. The fraction of sp³-hybridized carbons (Fsp3) is 0.611. The van der Waals surface area contributed by atoms with Gasteiger partial charge in [-0.05, 0) is 33.3 Å². The quantitative estimate of drug-likeness (QED) is 0.687. The number of ether oxygens (including phenoxy) is 3. The molecule has 1 atom stereocenters. The van der Waals surface area contributed by atoms with E-state index >= 15 is 0 Å². The van der Waals surface area contributed by atoms with Gasteiger partial charge >= 0.3 is 6.09 Å². The molecule has 5 nitrogen and oxygen atoms in total. The van der Waals surface area contributed by atoms with Gasteiger partial charge in [0.1, 0.15) is 5.60 Å². The first-order chi connectivity index (χ1) is 10.8. The van der Waals surface area contributed by atoms with Crippen LogP contribution in [0.15, 0.2) is 30.3 Å². The highest BCUT2D eigenvalue weighted by atomic mass is 16.6. The van der Waals surface area contributed by atoms with Crippen LogP contribution in [-0.4, -0.2) is 49.5 Å². The van der Waals surface area contributed by atoms with E-state index in [-0.39, 0.29) is 12.2 Å². The Hall–Kier alpha value is -1.59. The van der Waals surface area contributed by atoms with E-state index in [2.05, 4.69) is 0 Å². The maximum absolute atomic E-state index is 11.8. The number of rotatable bonds is 8. The molecule has 0 aromatic heterocycles. The standard InChI is InChI=1S/C18H29NO4/c1-15(22-14-16-9-7-6-8-10-16)13-21-12-11-19(5)17(20)23-18(2,3)4/h6-10,15H,11-14H2,1-5H3/t15-/m1/s1. The molecule has 1 rings (SSSR count). The minimum absolute atomic E-state index is 0.00189. The van der Waals surface area contributed by atoms with Crippen molar-refractivity contribution >= 4 is 6.09 Å². The van der Waals surface area contributed by atoms with Gasteiger partial charge in [-0.3, -0.25) is 0 Å². The van der Waals surface area contributed by atoms with Crippen LogP contribution in [0.3, 0.4) is 0 Å². The summed E-state index contributed by atoms with van der Waals surface area (Å²) in [6, 6.07) is 10.0. The van der Waals surface area contributed by atoms with E-state index in [1.54, 1.807) is 7.05 Å². The molecule has 0 aliphatic heterocycles. The van der Waals surface area contributed by atoms with E-state index in [9.17, 15) is 4.79 Å². The normalized spacial score (nSPS) is 12.7. The topological polar surface area (TPSA) is 48.0 Å². The van der Waals surface area contributed by atoms with E-state index in [4.69, 9.17) is 14.2 Å². The van der Waals surface area contributed by atoms with Gasteiger partial charge in [-0.25, -0.2) is 4.79 Å². The Kier molecular flexibility index (Phi) is 8.06. The van der Waals surface area contributed by atoms with Crippen molar-refractivity contribution in [2.75, 3.05) is 26.8 Å². The second-order valence-electron chi connectivity index (χ2n) is 6.58. The molecule has 0 fully saturated rings. The van der Waals surface area contributed by atoms with E-state index in [1.165, 1.54) is 4.90 Å². The molecule has 0 unspecified atom stereocenters. The smallest absolute Gasteiger partial charge is 0.410 e. The third-order valence-corrected chi connectivity index (χ3v) is 3.01. The van der Waals surface area contributed by atoms with Crippen LogP contribution in [0.1, 0.15) is 33.3 Å². The second-order valence-corrected chi connectivity index (χ2v) is 6.58. The van der Waals surface area contributed by atoms with Crippen LogP contribution in [0, 0.1) is 0 Å². The SMILES string of the molecule is C[C@H](COCCN(C)C(=O)OC(C)(C)C)OCc1ccccc1. The summed E-state index contributed by atoms with van der Waals surface area (Å²) >= 11 is 0. The third-order valence-electron chi connectivity index (χ3n) is 3.01. The number of carbonyl (C=O) groups excluding carboxylic acids is 1. The van der Waals surface area contributed by atoms with Gasteiger partial charge < -0.3 is 19.1 Å². The molecule has 0 heterocycles. The molecule has 0 radical (unpaired) electrons. The lowest BCUT2D eigenvalue weighted by molar-refractivity contribution is -0.0203. The maximum Gasteiger partial charge on any atom is 0.410 e. The van der Waals surface area contributed by atoms with Crippen LogP contribution < -0.4 is 0 Å². The van der Waals surface area contributed by atoms with Crippen LogP contribution in [-0.2, 0) is 20.8 Å². The van der Waals surface area contributed by atoms with E-state index < -0.39 is 5.60 Å². The molecule has 1 aromatic rings. The Morgan fingerprint density at radius 3 is 2.48 bits per heavy atom. The number of hydrogen-bond acceptors (Lipinski definition) is 4. The maximum atomic E-state index is 11.8. The van der Waals surface area contributed by atoms with Crippen LogP contribution in [0.2, 0.25) is 0 Å². The molecule has 130 valence electrons. The lowest BCUT2D eigenvalue weighted by Crippen LogP contribution is -2.36. The van der Waals surface area contributed by atoms with E-state index in [0.717, 1.165) is 5.56 Å². The summed E-state index contributed by atoms with van der Waals surface area (Å²) in [6.07, 6.45) is -0.337. The Morgan fingerprint density at radius 2 is 1.87 bits per heavy atom. The molecule has 5 heteroatoms. The second kappa shape index (κ2) is 9.53. The predicted molar refractivity (Wildman–Crippen MR) is 90.4 cm³/mol. The fourth-order valence-corrected chi connectivity index (χ4v) is 1.74. The first-order valence-corrected chi connectivity index (χ1v) is 7.95. The molecule has 0 bridgehead atoms.